The highest BCUT2D eigenvalue weighted by Gasteiger charge is 2.40. The van der Waals surface area contributed by atoms with E-state index in [4.69, 9.17) is 14.5 Å². The van der Waals surface area contributed by atoms with Crippen molar-refractivity contribution in [3.05, 3.63) is 40.9 Å². The van der Waals surface area contributed by atoms with Gasteiger partial charge in [0.15, 0.2) is 5.76 Å². The van der Waals surface area contributed by atoms with Gasteiger partial charge in [-0.05, 0) is 72.1 Å². The quantitative estimate of drug-likeness (QED) is 0.466. The molecule has 0 unspecified atom stereocenters. The van der Waals surface area contributed by atoms with Crippen LogP contribution in [0.15, 0.2) is 22.6 Å². The highest BCUT2D eigenvalue weighted by Crippen LogP contribution is 2.49. The SMILES string of the molecule is CC(C)(C)c1cc(-c2oc(C(=O)N[C@H]3C[C@H](C(=O)O)C3)nc2CC2CCCCC2)cc(C2(C)CC2)c1. The van der Waals surface area contributed by atoms with Crippen molar-refractivity contribution >= 4 is 11.9 Å². The molecule has 6 heteroatoms. The van der Waals surface area contributed by atoms with Crippen molar-refractivity contribution in [1.82, 2.24) is 10.3 Å². The maximum Gasteiger partial charge on any atom is 0.307 e. The van der Waals surface area contributed by atoms with Gasteiger partial charge in [0.25, 0.3) is 5.89 Å². The Hall–Kier alpha value is -2.63. The first-order chi connectivity index (χ1) is 17.0. The van der Waals surface area contributed by atoms with Gasteiger partial charge >= 0.3 is 11.9 Å². The summed E-state index contributed by atoms with van der Waals surface area (Å²) in [4.78, 5) is 28.9. The number of rotatable bonds is 7. The molecule has 3 fully saturated rings. The summed E-state index contributed by atoms with van der Waals surface area (Å²) in [5, 5.41) is 12.1. The van der Waals surface area contributed by atoms with E-state index in [0.29, 0.717) is 18.8 Å². The summed E-state index contributed by atoms with van der Waals surface area (Å²) in [7, 11) is 0. The van der Waals surface area contributed by atoms with E-state index in [2.05, 4.69) is 51.2 Å². The Kier molecular flexibility index (Phi) is 6.50. The average Bonchev–Trinajstić information content (AvgIpc) is 3.42. The second-order valence-electron chi connectivity index (χ2n) is 12.8. The molecule has 0 spiro atoms. The lowest BCUT2D eigenvalue weighted by atomic mass is 9.80. The van der Waals surface area contributed by atoms with E-state index in [0.717, 1.165) is 23.4 Å². The van der Waals surface area contributed by atoms with Gasteiger partial charge in [0.1, 0.15) is 0 Å². The summed E-state index contributed by atoms with van der Waals surface area (Å²) >= 11 is 0. The highest BCUT2D eigenvalue weighted by molar-refractivity contribution is 5.90. The van der Waals surface area contributed by atoms with E-state index in [1.165, 1.54) is 56.1 Å². The standard InChI is InChI=1S/C30H40N2O4/c1-29(2,3)21-13-19(14-22(17-21)30(4)10-11-30)25-24(12-18-8-6-5-7-9-18)32-27(36-25)26(33)31-23-15-20(16-23)28(34)35/h13-14,17-18,20,23H,5-12,15-16H2,1-4H3,(H,31,33)(H,34,35)/t20-,23-. The zero-order chi connectivity index (χ0) is 25.7. The molecule has 0 aliphatic heterocycles. The highest BCUT2D eigenvalue weighted by atomic mass is 16.4. The third-order valence-corrected chi connectivity index (χ3v) is 8.68. The Balaban J connectivity index is 1.48. The van der Waals surface area contributed by atoms with Gasteiger partial charge in [0.05, 0.1) is 11.6 Å². The molecule has 3 aliphatic rings. The van der Waals surface area contributed by atoms with Crippen LogP contribution in [0.1, 0.15) is 113 Å². The van der Waals surface area contributed by atoms with Crippen LogP contribution in [0.25, 0.3) is 11.3 Å². The van der Waals surface area contributed by atoms with Gasteiger partial charge in [-0.25, -0.2) is 4.98 Å². The predicted molar refractivity (Wildman–Crippen MR) is 139 cm³/mol. The van der Waals surface area contributed by atoms with Crippen molar-refractivity contribution in [2.45, 2.75) is 109 Å². The first kappa shape index (κ1) is 25.0. The molecule has 6 nitrogen and oxygen atoms in total. The van der Waals surface area contributed by atoms with Crippen LogP contribution in [0, 0.1) is 11.8 Å². The Labute approximate surface area is 214 Å². The summed E-state index contributed by atoms with van der Waals surface area (Å²) in [6, 6.07) is 6.67. The molecule has 0 radical (unpaired) electrons. The predicted octanol–water partition coefficient (Wildman–Crippen LogP) is 6.41. The number of carboxylic acid groups (broad SMARTS) is 1. The van der Waals surface area contributed by atoms with Gasteiger partial charge in [0, 0.05) is 11.6 Å². The molecular formula is C30H40N2O4. The maximum absolute atomic E-state index is 13.1. The monoisotopic (exact) mass is 492 g/mol. The molecule has 1 heterocycles. The fourth-order valence-electron chi connectivity index (χ4n) is 5.68. The summed E-state index contributed by atoms with van der Waals surface area (Å²) in [6.45, 7) is 9.02. The molecule has 1 amide bonds. The van der Waals surface area contributed by atoms with E-state index in [-0.39, 0.29) is 34.6 Å². The molecule has 3 aliphatic carbocycles. The topological polar surface area (TPSA) is 92.4 Å². The number of carbonyl (C=O) groups excluding carboxylic acids is 1. The van der Waals surface area contributed by atoms with Crippen molar-refractivity contribution in [3.63, 3.8) is 0 Å². The van der Waals surface area contributed by atoms with Crippen molar-refractivity contribution in [2.24, 2.45) is 11.8 Å². The molecule has 2 N–H and O–H groups in total. The Morgan fingerprint density at radius 2 is 1.81 bits per heavy atom. The van der Waals surface area contributed by atoms with E-state index in [9.17, 15) is 9.59 Å². The van der Waals surface area contributed by atoms with Crippen LogP contribution >= 0.6 is 0 Å². The van der Waals surface area contributed by atoms with Gasteiger partial charge in [-0.15, -0.1) is 0 Å². The van der Waals surface area contributed by atoms with Crippen LogP contribution < -0.4 is 5.32 Å². The Morgan fingerprint density at radius 1 is 1.11 bits per heavy atom. The number of oxazole rings is 1. The van der Waals surface area contributed by atoms with Crippen LogP contribution in [0.2, 0.25) is 0 Å². The normalized spacial score (nSPS) is 23.7. The van der Waals surface area contributed by atoms with E-state index < -0.39 is 5.97 Å². The van der Waals surface area contributed by atoms with E-state index in [1.54, 1.807) is 0 Å². The van der Waals surface area contributed by atoms with Crippen LogP contribution in [0.3, 0.4) is 0 Å². The number of aliphatic carboxylic acids is 1. The summed E-state index contributed by atoms with van der Waals surface area (Å²) in [5.74, 6) is -0.143. The lowest BCUT2D eigenvalue weighted by molar-refractivity contribution is -0.145. The largest absolute Gasteiger partial charge is 0.481 e. The molecule has 0 saturated heterocycles. The van der Waals surface area contributed by atoms with Gasteiger partial charge in [0.2, 0.25) is 0 Å². The third kappa shape index (κ3) is 5.23. The van der Waals surface area contributed by atoms with Crippen molar-refractivity contribution in [1.29, 1.82) is 0 Å². The molecule has 0 atom stereocenters. The fraction of sp³-hybridized carbons (Fsp3) is 0.633. The average molecular weight is 493 g/mol. The van der Waals surface area contributed by atoms with Crippen LogP contribution in [-0.4, -0.2) is 28.0 Å². The number of aromatic nitrogens is 1. The molecular weight excluding hydrogens is 452 g/mol. The molecule has 2 aromatic rings. The summed E-state index contributed by atoms with van der Waals surface area (Å²) < 4.78 is 6.26. The van der Waals surface area contributed by atoms with Gasteiger partial charge < -0.3 is 14.8 Å². The van der Waals surface area contributed by atoms with E-state index in [1.807, 2.05) is 0 Å². The number of carbonyl (C=O) groups is 2. The van der Waals surface area contributed by atoms with Gasteiger partial charge in [-0.1, -0.05) is 65.9 Å². The molecule has 0 bridgehead atoms. The zero-order valence-corrected chi connectivity index (χ0v) is 22.2. The molecule has 1 aromatic carbocycles. The number of benzene rings is 1. The van der Waals surface area contributed by atoms with Crippen LogP contribution in [0.5, 0.6) is 0 Å². The molecule has 3 saturated carbocycles. The minimum absolute atomic E-state index is 0.00925. The lowest BCUT2D eigenvalue weighted by Gasteiger charge is -2.32. The number of nitrogens with zero attached hydrogens (tertiary/aromatic N) is 1. The first-order valence-corrected chi connectivity index (χ1v) is 13.7. The molecule has 5 rings (SSSR count). The summed E-state index contributed by atoms with van der Waals surface area (Å²) in [6.07, 6.45) is 10.3. The van der Waals surface area contributed by atoms with Crippen molar-refractivity contribution in [3.8, 4) is 11.3 Å². The van der Waals surface area contributed by atoms with Crippen molar-refractivity contribution < 1.29 is 19.1 Å². The van der Waals surface area contributed by atoms with E-state index >= 15 is 0 Å². The first-order valence-electron chi connectivity index (χ1n) is 13.7. The smallest absolute Gasteiger partial charge is 0.307 e. The number of nitrogens with one attached hydrogen (secondary N) is 1. The van der Waals surface area contributed by atoms with Crippen LogP contribution in [0.4, 0.5) is 0 Å². The number of amides is 1. The fourth-order valence-corrected chi connectivity index (χ4v) is 5.68. The molecule has 1 aromatic heterocycles. The van der Waals surface area contributed by atoms with Crippen molar-refractivity contribution in [2.75, 3.05) is 0 Å². The number of carboxylic acids is 1. The second kappa shape index (κ2) is 9.35. The minimum Gasteiger partial charge on any atom is -0.481 e. The lowest BCUT2D eigenvalue weighted by Crippen LogP contribution is -2.46. The summed E-state index contributed by atoms with van der Waals surface area (Å²) in [5.41, 5.74) is 4.70. The number of hydrogen-bond acceptors (Lipinski definition) is 4. The van der Waals surface area contributed by atoms with Gasteiger partial charge in [-0.3, -0.25) is 9.59 Å². The zero-order valence-electron chi connectivity index (χ0n) is 22.2. The molecule has 36 heavy (non-hydrogen) atoms. The van der Waals surface area contributed by atoms with Gasteiger partial charge in [-0.2, -0.15) is 0 Å². The second-order valence-corrected chi connectivity index (χ2v) is 12.8. The van der Waals surface area contributed by atoms with Crippen LogP contribution in [-0.2, 0) is 22.0 Å². The minimum atomic E-state index is -0.799. The molecule has 194 valence electrons. The number of hydrogen-bond donors (Lipinski definition) is 2. The Morgan fingerprint density at radius 3 is 2.42 bits per heavy atom. The third-order valence-electron chi connectivity index (χ3n) is 8.68. The maximum atomic E-state index is 13.1. The Bertz CT molecular complexity index is 1120.